The Morgan fingerprint density at radius 3 is 2.42 bits per heavy atom. The Morgan fingerprint density at radius 1 is 1.26 bits per heavy atom. The molecule has 4 nitrogen and oxygen atoms in total. The molecular weight excluding hydrogens is 306 g/mol. The summed E-state index contributed by atoms with van der Waals surface area (Å²) in [5.74, 6) is 2.36. The molecule has 0 aliphatic carbocycles. The van der Waals surface area contributed by atoms with Gasteiger partial charge in [-0.2, -0.15) is 0 Å². The number of rotatable bonds is 2. The Balaban J connectivity index is 2.70. The van der Waals surface area contributed by atoms with Crippen LogP contribution in [0.5, 0.6) is 0 Å². The summed E-state index contributed by atoms with van der Waals surface area (Å²) >= 11 is 3.48. The molecule has 2 aromatic rings. The van der Waals surface area contributed by atoms with E-state index in [9.17, 15) is 0 Å². The van der Waals surface area contributed by atoms with Gasteiger partial charge in [0.05, 0.1) is 10.7 Å². The van der Waals surface area contributed by atoms with Crippen molar-refractivity contribution in [2.24, 2.45) is 0 Å². The molecule has 0 spiro atoms. The number of furan rings is 1. The summed E-state index contributed by atoms with van der Waals surface area (Å²) in [4.78, 5) is 9.26. The average Bonchev–Trinajstić information content (AvgIpc) is 2.74. The molecule has 0 bridgehead atoms. The van der Waals surface area contributed by atoms with Crippen molar-refractivity contribution in [2.45, 2.75) is 33.1 Å². The minimum Gasteiger partial charge on any atom is -0.461 e. The number of aromatic nitrogens is 2. The molecule has 0 saturated carbocycles. The van der Waals surface area contributed by atoms with Crippen molar-refractivity contribution in [2.75, 3.05) is 12.4 Å². The second-order valence-corrected chi connectivity index (χ2v) is 6.32. The van der Waals surface area contributed by atoms with Gasteiger partial charge >= 0.3 is 0 Å². The van der Waals surface area contributed by atoms with Gasteiger partial charge in [0.2, 0.25) is 0 Å². The molecule has 102 valence electrons. The number of nitrogens with one attached hydrogen (secondary N) is 1. The van der Waals surface area contributed by atoms with Crippen LogP contribution < -0.4 is 5.32 Å². The van der Waals surface area contributed by atoms with E-state index in [4.69, 9.17) is 4.42 Å². The molecule has 0 amide bonds. The van der Waals surface area contributed by atoms with E-state index in [1.54, 1.807) is 6.26 Å². The molecular formula is C14H18BrN3O. The zero-order valence-electron chi connectivity index (χ0n) is 11.8. The first-order chi connectivity index (χ1) is 8.84. The van der Waals surface area contributed by atoms with Crippen molar-refractivity contribution in [1.82, 2.24) is 9.97 Å². The largest absolute Gasteiger partial charge is 0.461 e. The van der Waals surface area contributed by atoms with Crippen LogP contribution in [0.4, 0.5) is 5.82 Å². The lowest BCUT2D eigenvalue weighted by Gasteiger charge is -2.19. The monoisotopic (exact) mass is 323 g/mol. The van der Waals surface area contributed by atoms with Crippen LogP contribution in [0.25, 0.3) is 11.5 Å². The molecule has 0 aliphatic heterocycles. The lowest BCUT2D eigenvalue weighted by atomic mass is 9.95. The first-order valence-electron chi connectivity index (χ1n) is 6.15. The Morgan fingerprint density at radius 2 is 1.95 bits per heavy atom. The number of hydrogen-bond donors (Lipinski definition) is 1. The van der Waals surface area contributed by atoms with Crippen LogP contribution in [0, 0.1) is 6.92 Å². The SMILES string of the molecule is CNc1nc(C(C)(C)C)nc(-c2occc2Br)c1C. The van der Waals surface area contributed by atoms with Gasteiger partial charge in [-0.3, -0.25) is 0 Å². The Hall–Kier alpha value is -1.36. The van der Waals surface area contributed by atoms with Crippen molar-refractivity contribution in [3.8, 4) is 11.5 Å². The lowest BCUT2D eigenvalue weighted by Crippen LogP contribution is -2.18. The minimum absolute atomic E-state index is 0.118. The normalized spacial score (nSPS) is 11.7. The predicted molar refractivity (Wildman–Crippen MR) is 80.4 cm³/mol. The quantitative estimate of drug-likeness (QED) is 0.902. The molecule has 5 heteroatoms. The molecule has 2 rings (SSSR count). The molecule has 2 aromatic heterocycles. The third kappa shape index (κ3) is 2.66. The Kier molecular flexibility index (Phi) is 3.67. The molecule has 0 aliphatic rings. The lowest BCUT2D eigenvalue weighted by molar-refractivity contribution is 0.540. The minimum atomic E-state index is -0.118. The standard InChI is InChI=1S/C14H18BrN3O/c1-8-10(11-9(15)6-7-19-11)17-13(14(2,3)4)18-12(8)16-5/h6-7H,1-5H3,(H,16,17,18). The zero-order chi connectivity index (χ0) is 14.2. The molecule has 19 heavy (non-hydrogen) atoms. The van der Waals surface area contributed by atoms with Crippen LogP contribution in [-0.4, -0.2) is 17.0 Å². The number of halogens is 1. The van der Waals surface area contributed by atoms with E-state index < -0.39 is 0 Å². The molecule has 0 aromatic carbocycles. The summed E-state index contributed by atoms with van der Waals surface area (Å²) < 4.78 is 6.43. The van der Waals surface area contributed by atoms with Crippen LogP contribution in [0.1, 0.15) is 32.2 Å². The number of hydrogen-bond acceptors (Lipinski definition) is 4. The zero-order valence-corrected chi connectivity index (χ0v) is 13.4. The van der Waals surface area contributed by atoms with Crippen LogP contribution in [-0.2, 0) is 5.41 Å². The van der Waals surface area contributed by atoms with E-state index in [1.165, 1.54) is 0 Å². The summed E-state index contributed by atoms with van der Waals surface area (Å²) in [6.45, 7) is 8.27. The van der Waals surface area contributed by atoms with E-state index >= 15 is 0 Å². The van der Waals surface area contributed by atoms with E-state index in [-0.39, 0.29) is 5.41 Å². The van der Waals surface area contributed by atoms with Crippen LogP contribution >= 0.6 is 15.9 Å². The average molecular weight is 324 g/mol. The highest BCUT2D eigenvalue weighted by atomic mass is 79.9. The molecule has 0 saturated heterocycles. The molecule has 2 heterocycles. The molecule has 1 N–H and O–H groups in total. The summed E-state index contributed by atoms with van der Waals surface area (Å²) in [5.41, 5.74) is 1.68. The van der Waals surface area contributed by atoms with Crippen LogP contribution in [0.2, 0.25) is 0 Å². The Labute approximate surface area is 121 Å². The van der Waals surface area contributed by atoms with Gasteiger partial charge in [-0.25, -0.2) is 9.97 Å². The molecule has 0 atom stereocenters. The summed E-state index contributed by atoms with van der Waals surface area (Å²) in [6, 6.07) is 1.87. The van der Waals surface area contributed by atoms with E-state index in [2.05, 4.69) is 52.0 Å². The van der Waals surface area contributed by atoms with Gasteiger partial charge in [0, 0.05) is 18.0 Å². The fourth-order valence-corrected chi connectivity index (χ4v) is 2.17. The summed E-state index contributed by atoms with van der Waals surface area (Å²) in [6.07, 6.45) is 1.65. The first kappa shape index (κ1) is 14.1. The van der Waals surface area contributed by atoms with Crippen LogP contribution in [0.15, 0.2) is 21.2 Å². The highest BCUT2D eigenvalue weighted by Gasteiger charge is 2.23. The topological polar surface area (TPSA) is 51.0 Å². The van der Waals surface area contributed by atoms with E-state index in [0.29, 0.717) is 0 Å². The second kappa shape index (κ2) is 4.96. The van der Waals surface area contributed by atoms with E-state index in [1.807, 2.05) is 20.0 Å². The maximum absolute atomic E-state index is 5.53. The third-order valence-corrected chi connectivity index (χ3v) is 3.51. The highest BCUT2D eigenvalue weighted by Crippen LogP contribution is 2.34. The molecule has 0 fully saturated rings. The Bertz CT molecular complexity index is 599. The maximum atomic E-state index is 5.53. The smallest absolute Gasteiger partial charge is 0.166 e. The molecule has 0 unspecified atom stereocenters. The van der Waals surface area contributed by atoms with Gasteiger partial charge in [-0.15, -0.1) is 0 Å². The van der Waals surface area contributed by atoms with Gasteiger partial charge in [0.25, 0.3) is 0 Å². The van der Waals surface area contributed by atoms with Gasteiger partial charge in [-0.05, 0) is 28.9 Å². The predicted octanol–water partition coefficient (Wildman–Crippen LogP) is 4.15. The fraction of sp³-hybridized carbons (Fsp3) is 0.429. The van der Waals surface area contributed by atoms with Crippen molar-refractivity contribution < 1.29 is 4.42 Å². The van der Waals surface area contributed by atoms with Crippen molar-refractivity contribution in [1.29, 1.82) is 0 Å². The highest BCUT2D eigenvalue weighted by molar-refractivity contribution is 9.10. The second-order valence-electron chi connectivity index (χ2n) is 5.47. The van der Waals surface area contributed by atoms with Crippen molar-refractivity contribution >= 4 is 21.7 Å². The summed E-state index contributed by atoms with van der Waals surface area (Å²) in [5, 5.41) is 3.12. The first-order valence-corrected chi connectivity index (χ1v) is 6.94. The third-order valence-electron chi connectivity index (χ3n) is 2.89. The maximum Gasteiger partial charge on any atom is 0.166 e. The van der Waals surface area contributed by atoms with Crippen molar-refractivity contribution in [3.05, 3.63) is 28.2 Å². The number of nitrogens with zero attached hydrogens (tertiary/aromatic N) is 2. The van der Waals surface area contributed by atoms with Crippen molar-refractivity contribution in [3.63, 3.8) is 0 Å². The fourth-order valence-electron chi connectivity index (χ4n) is 1.78. The summed E-state index contributed by atoms with van der Waals surface area (Å²) in [7, 11) is 1.86. The van der Waals surface area contributed by atoms with Gasteiger partial charge in [0.15, 0.2) is 5.76 Å². The van der Waals surface area contributed by atoms with Gasteiger partial charge < -0.3 is 9.73 Å². The van der Waals surface area contributed by atoms with Gasteiger partial charge in [0.1, 0.15) is 17.3 Å². The molecule has 0 radical (unpaired) electrons. The van der Waals surface area contributed by atoms with Crippen LogP contribution in [0.3, 0.4) is 0 Å². The van der Waals surface area contributed by atoms with E-state index in [0.717, 1.165) is 33.1 Å². The van der Waals surface area contributed by atoms with Gasteiger partial charge in [-0.1, -0.05) is 20.8 Å². The number of anilines is 1.